The minimum Gasteiger partial charge on any atom is -0.308 e. The monoisotopic (exact) mass is 743 g/mol. The summed E-state index contributed by atoms with van der Waals surface area (Å²) in [4.78, 5) is 26.1. The fourth-order valence-corrected chi connectivity index (χ4v) is 9.47. The highest BCUT2D eigenvalue weighted by Gasteiger charge is 2.26. The Balaban J connectivity index is 1.38. The van der Waals surface area contributed by atoms with Gasteiger partial charge in [-0.25, -0.2) is 14.5 Å². The van der Waals surface area contributed by atoms with Gasteiger partial charge in [0, 0.05) is 44.5 Å². The topological polar surface area (TPSA) is 57.6 Å². The fourth-order valence-electron chi connectivity index (χ4n) is 9.47. The van der Waals surface area contributed by atoms with E-state index in [1.807, 2.05) is 31.2 Å². The lowest BCUT2D eigenvalue weighted by Gasteiger charge is -2.17. The quantitative estimate of drug-likeness (QED) is 0.169. The minimum absolute atomic E-state index is 0.196. The van der Waals surface area contributed by atoms with Crippen LogP contribution in [0.1, 0.15) is 11.3 Å². The molecule has 0 radical (unpaired) electrons. The number of aryl methyl sites for hydroxylation is 1. The molecule has 0 fully saturated rings. The molecule has 6 heteroatoms. The summed E-state index contributed by atoms with van der Waals surface area (Å²) in [6.07, 6.45) is 3.52. The van der Waals surface area contributed by atoms with Crippen molar-refractivity contribution in [1.82, 2.24) is 23.7 Å². The normalized spacial score (nSPS) is 12.0. The maximum absolute atomic E-state index is 16.1. The maximum atomic E-state index is 16.1. The van der Waals surface area contributed by atoms with E-state index in [0.717, 1.165) is 98.4 Å². The Morgan fingerprint density at radius 2 is 0.983 bits per heavy atom. The highest BCUT2D eigenvalue weighted by atomic mass is 16.1. The van der Waals surface area contributed by atoms with Gasteiger partial charge in [-0.1, -0.05) is 128 Å². The summed E-state index contributed by atoms with van der Waals surface area (Å²) in [5.74, 6) is 0.296. The van der Waals surface area contributed by atoms with Crippen LogP contribution in [0.15, 0.2) is 175 Å². The summed E-state index contributed by atoms with van der Waals surface area (Å²) in [5.41, 5.74) is 7.91. The van der Waals surface area contributed by atoms with Crippen LogP contribution >= 0.6 is 0 Å². The van der Waals surface area contributed by atoms with Crippen LogP contribution in [-0.2, 0) is 0 Å². The molecule has 0 aliphatic carbocycles. The SMILES string of the molecule is C=Cc1nc(-n2c(=O)c3c(ccc4c5c6ccccc6ccc5n(-c5ccccc5)c43)c3ccc4c5c6ccccc6ccc5n(-c5ccccc5)c4c32)ncc1C. The van der Waals surface area contributed by atoms with Crippen molar-refractivity contribution in [3.05, 3.63) is 192 Å². The fraction of sp³-hybridized carbons (Fsp3) is 0.0192. The summed E-state index contributed by atoms with van der Waals surface area (Å²) in [5, 5.41) is 11.3. The molecule has 58 heavy (non-hydrogen) atoms. The van der Waals surface area contributed by atoms with Crippen LogP contribution < -0.4 is 5.56 Å². The second-order valence-corrected chi connectivity index (χ2v) is 15.0. The number of hydrogen-bond acceptors (Lipinski definition) is 3. The number of fused-ring (bicyclic) bond motifs is 15. The van der Waals surface area contributed by atoms with E-state index in [1.165, 1.54) is 0 Å². The van der Waals surface area contributed by atoms with Gasteiger partial charge in [0.15, 0.2) is 0 Å². The molecular weight excluding hydrogens is 711 g/mol. The van der Waals surface area contributed by atoms with E-state index in [4.69, 9.17) is 9.97 Å². The molecule has 0 aliphatic rings. The molecular formula is C52H33N5O. The predicted molar refractivity (Wildman–Crippen MR) is 241 cm³/mol. The number of benzene rings is 8. The minimum atomic E-state index is -0.196. The van der Waals surface area contributed by atoms with Gasteiger partial charge < -0.3 is 9.13 Å². The zero-order valence-corrected chi connectivity index (χ0v) is 31.5. The molecule has 0 unspecified atom stereocenters. The van der Waals surface area contributed by atoms with Crippen LogP contribution in [0.5, 0.6) is 0 Å². The highest BCUT2D eigenvalue weighted by Crippen LogP contribution is 2.44. The molecule has 272 valence electrons. The van der Waals surface area contributed by atoms with Gasteiger partial charge in [0.2, 0.25) is 5.95 Å². The first-order chi connectivity index (χ1) is 28.6. The van der Waals surface area contributed by atoms with E-state index in [0.29, 0.717) is 17.0 Å². The number of nitrogens with zero attached hydrogens (tertiary/aromatic N) is 5. The molecule has 0 N–H and O–H groups in total. The average molecular weight is 744 g/mol. The van der Waals surface area contributed by atoms with Crippen molar-refractivity contribution in [2.45, 2.75) is 6.92 Å². The Kier molecular flexibility index (Phi) is 6.75. The van der Waals surface area contributed by atoms with Gasteiger partial charge in [-0.2, -0.15) is 0 Å². The second kappa shape index (κ2) is 12.1. The molecule has 12 aromatic rings. The van der Waals surface area contributed by atoms with Crippen molar-refractivity contribution in [3.8, 4) is 17.3 Å². The lowest BCUT2D eigenvalue weighted by Crippen LogP contribution is -2.23. The molecule has 0 saturated carbocycles. The van der Waals surface area contributed by atoms with E-state index in [2.05, 4.69) is 149 Å². The van der Waals surface area contributed by atoms with Gasteiger partial charge in [0.1, 0.15) is 0 Å². The Hall–Kier alpha value is -7.83. The van der Waals surface area contributed by atoms with E-state index >= 15 is 4.79 Å². The lowest BCUT2D eigenvalue weighted by molar-refractivity contribution is 0.917. The lowest BCUT2D eigenvalue weighted by atomic mass is 9.98. The number of hydrogen-bond donors (Lipinski definition) is 0. The van der Waals surface area contributed by atoms with Crippen LogP contribution in [0, 0.1) is 6.92 Å². The third kappa shape index (κ3) is 4.34. The standard InChI is InChI=1S/C52H33N5O/c1-3-42-31(2)30-53-52(54-42)57-49-39(25-27-41-46-37-21-13-11-15-33(37)23-29-44(46)56(50(41)49)35-18-8-5-9-19-35)38-24-26-40-45-36-20-12-10-14-32(36)22-28-43(45)55(34-16-6-4-7-17-34)48(40)47(38)51(57)58/h3-30H,1H2,2H3. The third-order valence-electron chi connectivity index (χ3n) is 12.0. The van der Waals surface area contributed by atoms with Gasteiger partial charge in [0.05, 0.1) is 38.7 Å². The summed E-state index contributed by atoms with van der Waals surface area (Å²) < 4.78 is 6.32. The molecule has 0 aliphatic heterocycles. The van der Waals surface area contributed by atoms with Gasteiger partial charge in [-0.3, -0.25) is 4.79 Å². The van der Waals surface area contributed by atoms with E-state index in [-0.39, 0.29) is 5.56 Å². The van der Waals surface area contributed by atoms with Crippen molar-refractivity contribution in [1.29, 1.82) is 0 Å². The average Bonchev–Trinajstić information content (AvgIpc) is 3.81. The van der Waals surface area contributed by atoms with Gasteiger partial charge in [-0.05, 0) is 81.9 Å². The molecule has 0 amide bonds. The molecule has 4 aromatic heterocycles. The maximum Gasteiger partial charge on any atom is 0.268 e. The van der Waals surface area contributed by atoms with Crippen molar-refractivity contribution >= 4 is 92.9 Å². The van der Waals surface area contributed by atoms with E-state index in [1.54, 1.807) is 16.8 Å². The molecule has 12 rings (SSSR count). The van der Waals surface area contributed by atoms with Crippen LogP contribution in [0.25, 0.3) is 110 Å². The Labute approximate surface area is 331 Å². The Bertz CT molecular complexity index is 3780. The summed E-state index contributed by atoms with van der Waals surface area (Å²) >= 11 is 0. The Morgan fingerprint density at radius 3 is 1.59 bits per heavy atom. The van der Waals surface area contributed by atoms with E-state index < -0.39 is 0 Å². The number of rotatable bonds is 4. The van der Waals surface area contributed by atoms with Crippen LogP contribution in [0.3, 0.4) is 0 Å². The van der Waals surface area contributed by atoms with Gasteiger partial charge in [-0.15, -0.1) is 0 Å². The molecule has 0 atom stereocenters. The molecule has 0 bridgehead atoms. The van der Waals surface area contributed by atoms with Crippen molar-refractivity contribution < 1.29 is 0 Å². The van der Waals surface area contributed by atoms with Gasteiger partial charge >= 0.3 is 0 Å². The van der Waals surface area contributed by atoms with Crippen LogP contribution in [-0.4, -0.2) is 23.7 Å². The predicted octanol–water partition coefficient (Wildman–Crippen LogP) is 12.4. The summed E-state index contributed by atoms with van der Waals surface area (Å²) in [6, 6.07) is 55.2. The van der Waals surface area contributed by atoms with Crippen LogP contribution in [0.2, 0.25) is 0 Å². The number of para-hydroxylation sites is 2. The molecule has 0 spiro atoms. The zero-order valence-electron chi connectivity index (χ0n) is 31.5. The summed E-state index contributed by atoms with van der Waals surface area (Å²) in [6.45, 7) is 6.04. The third-order valence-corrected chi connectivity index (χ3v) is 12.0. The Morgan fingerprint density at radius 1 is 0.483 bits per heavy atom. The summed E-state index contributed by atoms with van der Waals surface area (Å²) in [7, 11) is 0. The largest absolute Gasteiger partial charge is 0.308 e. The first-order valence-corrected chi connectivity index (χ1v) is 19.5. The zero-order chi connectivity index (χ0) is 38.6. The molecule has 8 aromatic carbocycles. The van der Waals surface area contributed by atoms with Crippen molar-refractivity contribution in [3.63, 3.8) is 0 Å². The second-order valence-electron chi connectivity index (χ2n) is 15.0. The first-order valence-electron chi connectivity index (χ1n) is 19.5. The molecule has 4 heterocycles. The number of pyridine rings is 1. The van der Waals surface area contributed by atoms with E-state index in [9.17, 15) is 0 Å². The smallest absolute Gasteiger partial charge is 0.268 e. The van der Waals surface area contributed by atoms with Crippen LogP contribution in [0.4, 0.5) is 0 Å². The number of aromatic nitrogens is 5. The first kappa shape index (κ1) is 32.4. The molecule has 0 saturated heterocycles. The van der Waals surface area contributed by atoms with Crippen molar-refractivity contribution in [2.24, 2.45) is 0 Å². The highest BCUT2D eigenvalue weighted by molar-refractivity contribution is 6.31. The molecule has 6 nitrogen and oxygen atoms in total. The van der Waals surface area contributed by atoms with Crippen molar-refractivity contribution in [2.75, 3.05) is 0 Å². The van der Waals surface area contributed by atoms with Gasteiger partial charge in [0.25, 0.3) is 5.56 Å².